The molecule has 1 N–H and O–H groups in total. The van der Waals surface area contributed by atoms with E-state index in [2.05, 4.69) is 5.32 Å². The standard InChI is InChI=1S/C16H20FN3O/c1-2-20(16(21)10-19-9-12-3-4-12)11-14-6-5-13(8-18)7-15(14)17/h5-7,12,19H,2-4,9-11H2,1H3. The molecule has 0 bridgehead atoms. The van der Waals surface area contributed by atoms with Crippen LogP contribution in [0.15, 0.2) is 18.2 Å². The van der Waals surface area contributed by atoms with E-state index in [0.29, 0.717) is 18.7 Å². The fourth-order valence-corrected chi connectivity index (χ4v) is 2.14. The van der Waals surface area contributed by atoms with Gasteiger partial charge >= 0.3 is 0 Å². The van der Waals surface area contributed by atoms with Crippen LogP contribution in [0.5, 0.6) is 0 Å². The van der Waals surface area contributed by atoms with E-state index in [4.69, 9.17) is 5.26 Å². The summed E-state index contributed by atoms with van der Waals surface area (Å²) in [5.74, 6) is 0.261. The van der Waals surface area contributed by atoms with Crippen molar-refractivity contribution in [1.29, 1.82) is 5.26 Å². The molecular weight excluding hydrogens is 269 g/mol. The number of benzene rings is 1. The zero-order chi connectivity index (χ0) is 15.2. The summed E-state index contributed by atoms with van der Waals surface area (Å²) in [6.45, 7) is 3.82. The largest absolute Gasteiger partial charge is 0.337 e. The van der Waals surface area contributed by atoms with E-state index in [1.165, 1.54) is 18.9 Å². The van der Waals surface area contributed by atoms with Gasteiger partial charge in [0.25, 0.3) is 0 Å². The highest BCUT2D eigenvalue weighted by atomic mass is 19.1. The third-order valence-corrected chi connectivity index (χ3v) is 3.68. The van der Waals surface area contributed by atoms with Crippen LogP contribution in [-0.2, 0) is 11.3 Å². The maximum absolute atomic E-state index is 13.9. The number of hydrogen-bond donors (Lipinski definition) is 1. The van der Waals surface area contributed by atoms with Crippen molar-refractivity contribution in [3.8, 4) is 6.07 Å². The highest BCUT2D eigenvalue weighted by molar-refractivity contribution is 5.78. The van der Waals surface area contributed by atoms with Crippen LogP contribution < -0.4 is 5.32 Å². The lowest BCUT2D eigenvalue weighted by Crippen LogP contribution is -2.38. The van der Waals surface area contributed by atoms with Gasteiger partial charge in [0.15, 0.2) is 0 Å². The predicted octanol–water partition coefficient (Wildman–Crippen LogP) is 2.05. The summed E-state index contributed by atoms with van der Waals surface area (Å²) in [7, 11) is 0. The average molecular weight is 289 g/mol. The highest BCUT2D eigenvalue weighted by Gasteiger charge is 2.21. The van der Waals surface area contributed by atoms with Crippen LogP contribution in [0.4, 0.5) is 4.39 Å². The van der Waals surface area contributed by atoms with Crippen LogP contribution in [0.2, 0.25) is 0 Å². The molecule has 0 heterocycles. The van der Waals surface area contributed by atoms with Gasteiger partial charge in [-0.3, -0.25) is 4.79 Å². The minimum Gasteiger partial charge on any atom is -0.337 e. The lowest BCUT2D eigenvalue weighted by Gasteiger charge is -2.21. The summed E-state index contributed by atoms with van der Waals surface area (Å²) in [5, 5.41) is 11.9. The van der Waals surface area contributed by atoms with Crippen molar-refractivity contribution in [2.75, 3.05) is 19.6 Å². The van der Waals surface area contributed by atoms with Crippen LogP contribution in [0, 0.1) is 23.1 Å². The maximum atomic E-state index is 13.9. The van der Waals surface area contributed by atoms with Crippen molar-refractivity contribution in [2.24, 2.45) is 5.92 Å². The Morgan fingerprint density at radius 2 is 2.29 bits per heavy atom. The van der Waals surface area contributed by atoms with E-state index >= 15 is 0 Å². The molecule has 1 aliphatic carbocycles. The third kappa shape index (κ3) is 4.54. The molecule has 0 aromatic heterocycles. The second-order valence-corrected chi connectivity index (χ2v) is 5.40. The highest BCUT2D eigenvalue weighted by Crippen LogP contribution is 2.27. The Kier molecular flexibility index (Phi) is 5.29. The van der Waals surface area contributed by atoms with Crippen molar-refractivity contribution >= 4 is 5.91 Å². The first-order valence-electron chi connectivity index (χ1n) is 7.31. The predicted molar refractivity (Wildman–Crippen MR) is 77.8 cm³/mol. The molecular formula is C16H20FN3O. The number of nitrogens with zero attached hydrogens (tertiary/aromatic N) is 2. The Hall–Kier alpha value is -1.93. The van der Waals surface area contributed by atoms with Crippen molar-refractivity contribution in [1.82, 2.24) is 10.2 Å². The van der Waals surface area contributed by atoms with E-state index in [0.717, 1.165) is 12.5 Å². The normalized spacial score (nSPS) is 13.8. The Morgan fingerprint density at radius 1 is 1.52 bits per heavy atom. The van der Waals surface area contributed by atoms with E-state index in [-0.39, 0.29) is 18.0 Å². The number of halogens is 1. The zero-order valence-electron chi connectivity index (χ0n) is 12.2. The zero-order valence-corrected chi connectivity index (χ0v) is 12.2. The summed E-state index contributed by atoms with van der Waals surface area (Å²) in [5.41, 5.74) is 0.725. The van der Waals surface area contributed by atoms with Crippen LogP contribution in [-0.4, -0.2) is 30.4 Å². The van der Waals surface area contributed by atoms with Gasteiger partial charge in [0, 0.05) is 18.7 Å². The first-order chi connectivity index (χ1) is 10.1. The van der Waals surface area contributed by atoms with E-state index in [1.807, 2.05) is 13.0 Å². The molecule has 1 saturated carbocycles. The molecule has 1 amide bonds. The molecule has 0 spiro atoms. The molecule has 1 aromatic carbocycles. The monoisotopic (exact) mass is 289 g/mol. The molecule has 21 heavy (non-hydrogen) atoms. The van der Waals surface area contributed by atoms with Crippen LogP contribution in [0.1, 0.15) is 30.9 Å². The maximum Gasteiger partial charge on any atom is 0.236 e. The number of rotatable bonds is 7. The summed E-state index contributed by atoms with van der Waals surface area (Å²) in [4.78, 5) is 13.7. The summed E-state index contributed by atoms with van der Waals surface area (Å²) < 4.78 is 13.9. The molecule has 2 rings (SSSR count). The minimum absolute atomic E-state index is 0.0260. The summed E-state index contributed by atoms with van der Waals surface area (Å²) in [6, 6.07) is 6.25. The van der Waals surface area contributed by atoms with E-state index in [9.17, 15) is 9.18 Å². The first-order valence-corrected chi connectivity index (χ1v) is 7.31. The lowest BCUT2D eigenvalue weighted by molar-refractivity contribution is -0.130. The molecule has 0 saturated heterocycles. The van der Waals surface area contributed by atoms with Gasteiger partial charge in [-0.25, -0.2) is 4.39 Å². The molecule has 112 valence electrons. The Labute approximate surface area is 124 Å². The number of carbonyl (C=O) groups is 1. The number of nitrogens with one attached hydrogen (secondary N) is 1. The number of amides is 1. The number of hydrogen-bond acceptors (Lipinski definition) is 3. The molecule has 1 aliphatic rings. The van der Waals surface area contributed by atoms with Crippen molar-refractivity contribution in [3.63, 3.8) is 0 Å². The first kappa shape index (κ1) is 15.5. The fraction of sp³-hybridized carbons (Fsp3) is 0.500. The van der Waals surface area contributed by atoms with Crippen molar-refractivity contribution < 1.29 is 9.18 Å². The smallest absolute Gasteiger partial charge is 0.236 e. The SMILES string of the molecule is CCN(Cc1ccc(C#N)cc1F)C(=O)CNCC1CC1. The number of carbonyl (C=O) groups excluding carboxylic acids is 1. The van der Waals surface area contributed by atoms with Gasteiger partial charge in [-0.05, 0) is 44.4 Å². The van der Waals surface area contributed by atoms with Gasteiger partial charge in [-0.15, -0.1) is 0 Å². The third-order valence-electron chi connectivity index (χ3n) is 3.68. The summed E-state index contributed by atoms with van der Waals surface area (Å²) in [6.07, 6.45) is 2.49. The molecule has 4 nitrogen and oxygen atoms in total. The van der Waals surface area contributed by atoms with Crippen molar-refractivity contribution in [3.05, 3.63) is 35.1 Å². The molecule has 1 aromatic rings. The Morgan fingerprint density at radius 3 is 2.86 bits per heavy atom. The van der Waals surface area contributed by atoms with Crippen molar-refractivity contribution in [2.45, 2.75) is 26.3 Å². The molecule has 0 radical (unpaired) electrons. The minimum atomic E-state index is -0.439. The lowest BCUT2D eigenvalue weighted by atomic mass is 10.1. The second kappa shape index (κ2) is 7.19. The van der Waals surface area contributed by atoms with Crippen LogP contribution in [0.25, 0.3) is 0 Å². The molecule has 0 unspecified atom stereocenters. The van der Waals surface area contributed by atoms with E-state index < -0.39 is 5.82 Å². The van der Waals surface area contributed by atoms with Crippen LogP contribution >= 0.6 is 0 Å². The van der Waals surface area contributed by atoms with Crippen LogP contribution in [0.3, 0.4) is 0 Å². The Balaban J connectivity index is 1.91. The second-order valence-electron chi connectivity index (χ2n) is 5.40. The average Bonchev–Trinajstić information content (AvgIpc) is 3.30. The van der Waals surface area contributed by atoms with Gasteiger partial charge in [0.2, 0.25) is 5.91 Å². The number of nitriles is 1. The van der Waals surface area contributed by atoms with Gasteiger partial charge in [-0.2, -0.15) is 5.26 Å². The topological polar surface area (TPSA) is 56.1 Å². The van der Waals surface area contributed by atoms with Gasteiger partial charge in [0.1, 0.15) is 5.82 Å². The molecule has 5 heteroatoms. The molecule has 0 aliphatic heterocycles. The summed E-state index contributed by atoms with van der Waals surface area (Å²) >= 11 is 0. The van der Waals surface area contributed by atoms with E-state index in [1.54, 1.807) is 17.0 Å². The number of likely N-dealkylation sites (N-methyl/N-ethyl adjacent to an activating group) is 1. The fourth-order valence-electron chi connectivity index (χ4n) is 2.14. The Bertz CT molecular complexity index is 549. The molecule has 1 fully saturated rings. The quantitative estimate of drug-likeness (QED) is 0.836. The van der Waals surface area contributed by atoms with Gasteiger partial charge in [0.05, 0.1) is 18.2 Å². The molecule has 0 atom stereocenters. The van der Waals surface area contributed by atoms with Gasteiger partial charge in [-0.1, -0.05) is 6.07 Å². The van der Waals surface area contributed by atoms with Gasteiger partial charge < -0.3 is 10.2 Å².